The molecule has 2 aromatic rings. The van der Waals surface area contributed by atoms with Gasteiger partial charge in [0, 0.05) is 6.07 Å². The van der Waals surface area contributed by atoms with Crippen LogP contribution in [0.2, 0.25) is 0 Å². The van der Waals surface area contributed by atoms with Gasteiger partial charge in [0.05, 0.1) is 17.5 Å². The quantitative estimate of drug-likeness (QED) is 0.793. The maximum absolute atomic E-state index is 13.7. The molecule has 20 heavy (non-hydrogen) atoms. The summed E-state index contributed by atoms with van der Waals surface area (Å²) in [5.74, 6) is -2.48. The van der Waals surface area contributed by atoms with Gasteiger partial charge in [-0.15, -0.1) is 0 Å². The third kappa shape index (κ3) is 2.05. The summed E-state index contributed by atoms with van der Waals surface area (Å²) in [4.78, 5) is 12.0. The van der Waals surface area contributed by atoms with E-state index in [1.807, 2.05) is 0 Å². The topological polar surface area (TPSA) is 26.3 Å². The minimum atomic E-state index is -1.09. The lowest BCUT2D eigenvalue weighted by atomic mass is 9.95. The highest BCUT2D eigenvalue weighted by Gasteiger charge is 2.31. The average molecular weight is 278 g/mol. The van der Waals surface area contributed by atoms with Crippen molar-refractivity contribution in [1.29, 1.82) is 0 Å². The summed E-state index contributed by atoms with van der Waals surface area (Å²) in [6, 6.07) is 6.90. The largest absolute Gasteiger partial charge is 0.484 e. The number of Topliss-reactive ketones (excluding diaryl/α,β-unsaturated/α-hetero) is 1. The Balaban J connectivity index is 2.05. The van der Waals surface area contributed by atoms with Gasteiger partial charge < -0.3 is 4.74 Å². The summed E-state index contributed by atoms with van der Waals surface area (Å²) >= 11 is 0. The van der Waals surface area contributed by atoms with Crippen LogP contribution in [0.4, 0.5) is 13.2 Å². The van der Waals surface area contributed by atoms with Crippen LogP contribution in [0.1, 0.15) is 28.4 Å². The molecule has 1 atom stereocenters. The molecule has 1 unspecified atom stereocenters. The van der Waals surface area contributed by atoms with E-state index in [9.17, 15) is 18.0 Å². The number of hydrogen-bond donors (Lipinski definition) is 0. The van der Waals surface area contributed by atoms with Crippen molar-refractivity contribution in [2.75, 3.05) is 0 Å². The molecule has 0 saturated heterocycles. The van der Waals surface area contributed by atoms with Crippen molar-refractivity contribution < 1.29 is 22.7 Å². The highest BCUT2D eigenvalue weighted by molar-refractivity contribution is 6.00. The molecule has 102 valence electrons. The zero-order valence-corrected chi connectivity index (χ0v) is 10.2. The molecule has 1 aliphatic rings. The molecule has 5 heteroatoms. The van der Waals surface area contributed by atoms with E-state index in [-0.39, 0.29) is 29.1 Å². The first-order chi connectivity index (χ1) is 9.56. The number of fused-ring (bicyclic) bond motifs is 1. The number of ether oxygens (including phenoxy) is 1. The second-order valence-corrected chi connectivity index (χ2v) is 4.51. The number of carbonyl (C=O) groups excluding carboxylic acids is 1. The van der Waals surface area contributed by atoms with Gasteiger partial charge in [0.15, 0.2) is 5.78 Å². The maximum Gasteiger partial charge on any atom is 0.170 e. The number of carbonyl (C=O) groups is 1. The summed E-state index contributed by atoms with van der Waals surface area (Å²) in [6.45, 7) is 0. The Morgan fingerprint density at radius 1 is 1.05 bits per heavy atom. The highest BCUT2D eigenvalue weighted by Crippen LogP contribution is 2.36. The summed E-state index contributed by atoms with van der Waals surface area (Å²) in [7, 11) is 0. The normalized spacial score (nSPS) is 17.6. The third-order valence-electron chi connectivity index (χ3n) is 3.21. The summed E-state index contributed by atoms with van der Waals surface area (Å²) < 4.78 is 46.0. The third-order valence-corrected chi connectivity index (χ3v) is 3.21. The maximum atomic E-state index is 13.7. The second-order valence-electron chi connectivity index (χ2n) is 4.51. The second kappa shape index (κ2) is 4.67. The van der Waals surface area contributed by atoms with Crippen LogP contribution in [-0.4, -0.2) is 5.78 Å². The van der Waals surface area contributed by atoms with Gasteiger partial charge in [-0.1, -0.05) is 6.07 Å². The molecule has 0 saturated carbocycles. The molecular weight excluding hydrogens is 269 g/mol. The van der Waals surface area contributed by atoms with E-state index in [0.717, 1.165) is 24.3 Å². The lowest BCUT2D eigenvalue weighted by Crippen LogP contribution is -2.22. The van der Waals surface area contributed by atoms with Crippen LogP contribution in [0.3, 0.4) is 0 Å². The van der Waals surface area contributed by atoms with Crippen LogP contribution in [-0.2, 0) is 0 Å². The van der Waals surface area contributed by atoms with E-state index in [2.05, 4.69) is 0 Å². The fourth-order valence-corrected chi connectivity index (χ4v) is 2.28. The van der Waals surface area contributed by atoms with E-state index >= 15 is 0 Å². The van der Waals surface area contributed by atoms with Gasteiger partial charge in [0.2, 0.25) is 0 Å². The van der Waals surface area contributed by atoms with Crippen LogP contribution in [0, 0.1) is 17.5 Å². The predicted molar refractivity (Wildman–Crippen MR) is 65.1 cm³/mol. The van der Waals surface area contributed by atoms with Gasteiger partial charge in [-0.05, 0) is 24.3 Å². The molecule has 0 radical (unpaired) electrons. The molecule has 1 aliphatic heterocycles. The van der Waals surface area contributed by atoms with Gasteiger partial charge in [0.25, 0.3) is 0 Å². The Morgan fingerprint density at radius 3 is 2.45 bits per heavy atom. The number of benzene rings is 2. The van der Waals surface area contributed by atoms with E-state index in [0.29, 0.717) is 0 Å². The minimum absolute atomic E-state index is 0.00824. The Bertz CT molecular complexity index is 677. The highest BCUT2D eigenvalue weighted by atomic mass is 19.1. The molecule has 2 nitrogen and oxygen atoms in total. The summed E-state index contributed by atoms with van der Waals surface area (Å²) in [5, 5.41) is 0. The minimum Gasteiger partial charge on any atom is -0.484 e. The Labute approximate surface area is 112 Å². The fraction of sp³-hybridized carbons (Fsp3) is 0.133. The predicted octanol–water partition coefficient (Wildman–Crippen LogP) is 3.81. The van der Waals surface area contributed by atoms with E-state index in [1.165, 1.54) is 12.1 Å². The van der Waals surface area contributed by atoms with Crippen molar-refractivity contribution in [2.24, 2.45) is 0 Å². The first-order valence-corrected chi connectivity index (χ1v) is 5.99. The molecule has 0 spiro atoms. The molecular formula is C15H9F3O2. The number of halogens is 3. The zero-order valence-electron chi connectivity index (χ0n) is 10.2. The average Bonchev–Trinajstić information content (AvgIpc) is 2.38. The number of rotatable bonds is 1. The number of ketones is 1. The number of hydrogen-bond acceptors (Lipinski definition) is 2. The monoisotopic (exact) mass is 278 g/mol. The molecule has 2 aromatic carbocycles. The van der Waals surface area contributed by atoms with Gasteiger partial charge in [-0.2, -0.15) is 0 Å². The molecule has 0 amide bonds. The van der Waals surface area contributed by atoms with E-state index in [1.54, 1.807) is 0 Å². The van der Waals surface area contributed by atoms with Crippen LogP contribution < -0.4 is 4.74 Å². The van der Waals surface area contributed by atoms with Crippen molar-refractivity contribution in [3.63, 3.8) is 0 Å². The molecule has 0 aliphatic carbocycles. The zero-order chi connectivity index (χ0) is 14.3. The van der Waals surface area contributed by atoms with Gasteiger partial charge in [-0.25, -0.2) is 13.2 Å². The first kappa shape index (κ1) is 12.7. The van der Waals surface area contributed by atoms with E-state index < -0.39 is 23.6 Å². The summed E-state index contributed by atoms with van der Waals surface area (Å²) in [6.07, 6.45) is -1.27. The smallest absolute Gasteiger partial charge is 0.170 e. The lowest BCUT2D eigenvalue weighted by molar-refractivity contribution is 0.0840. The first-order valence-electron chi connectivity index (χ1n) is 5.99. The Kier molecular flexibility index (Phi) is 2.97. The van der Waals surface area contributed by atoms with Gasteiger partial charge in [0.1, 0.15) is 29.3 Å². The van der Waals surface area contributed by atoms with Gasteiger partial charge >= 0.3 is 0 Å². The van der Waals surface area contributed by atoms with Crippen molar-refractivity contribution in [3.05, 3.63) is 65.0 Å². The SMILES string of the molecule is O=C1CC(c2c(F)cccc2F)Oc2cc(F)ccc21. The molecule has 0 aromatic heterocycles. The Morgan fingerprint density at radius 2 is 1.75 bits per heavy atom. The molecule has 3 rings (SSSR count). The molecule has 0 fully saturated rings. The van der Waals surface area contributed by atoms with E-state index in [4.69, 9.17) is 4.74 Å². The Hall–Kier alpha value is -2.30. The standard InChI is InChI=1S/C15H9F3O2/c16-8-4-5-9-12(19)7-14(20-13(9)6-8)15-10(17)2-1-3-11(15)18/h1-6,14H,7H2. The van der Waals surface area contributed by atoms with Crippen LogP contribution >= 0.6 is 0 Å². The van der Waals surface area contributed by atoms with Crippen LogP contribution in [0.15, 0.2) is 36.4 Å². The molecule has 0 bridgehead atoms. The summed E-state index contributed by atoms with van der Waals surface area (Å²) in [5.41, 5.74) is -0.0878. The molecule has 0 N–H and O–H groups in total. The molecule has 1 heterocycles. The van der Waals surface area contributed by atoms with Crippen molar-refractivity contribution in [1.82, 2.24) is 0 Å². The van der Waals surface area contributed by atoms with Crippen LogP contribution in [0.25, 0.3) is 0 Å². The lowest BCUT2D eigenvalue weighted by Gasteiger charge is -2.26. The van der Waals surface area contributed by atoms with Crippen LogP contribution in [0.5, 0.6) is 5.75 Å². The van der Waals surface area contributed by atoms with Crippen molar-refractivity contribution in [3.8, 4) is 5.75 Å². The van der Waals surface area contributed by atoms with Gasteiger partial charge in [-0.3, -0.25) is 4.79 Å². The fourth-order valence-electron chi connectivity index (χ4n) is 2.28. The van der Waals surface area contributed by atoms with Crippen molar-refractivity contribution >= 4 is 5.78 Å². The van der Waals surface area contributed by atoms with Crippen molar-refractivity contribution in [2.45, 2.75) is 12.5 Å².